The summed E-state index contributed by atoms with van der Waals surface area (Å²) in [5, 5.41) is 8.31. The largest absolute Gasteiger partial charge is 1.00 e. The molecule has 0 bridgehead atoms. The number of fused-ring (bicyclic) bond motifs is 1. The molecular formula is C30H28F3N4NaO4-2. The van der Waals surface area contributed by atoms with E-state index in [2.05, 4.69) is 16.5 Å². The predicted molar refractivity (Wildman–Crippen MR) is 142 cm³/mol. The number of carbonyl (C=O) groups is 3. The molecule has 12 heteroatoms. The molecule has 2 saturated heterocycles. The molecule has 216 valence electrons. The third-order valence-electron chi connectivity index (χ3n) is 7.87. The molecule has 42 heavy (non-hydrogen) atoms. The standard InChI is InChI=1S/C25H22F3N3O2.C5H6NO2.Na/c26-25(27,28)24(9-10-24)23(33)30-11-7-20(8-12-30)31-15-17(14-29-31)13-18-3-1-6-22-19(16-32)4-2-5-21(18)22;7-4-2-1-3-5(8)6-4;/h1-5,14-15,20H,7-13H2;2H,1,3H2,(H,6,7,8);/q-2;-1;+1. The minimum absolute atomic E-state index is 0. The van der Waals surface area contributed by atoms with E-state index in [1.165, 1.54) is 11.3 Å². The van der Waals surface area contributed by atoms with Crippen LogP contribution < -0.4 is 34.9 Å². The molecule has 1 aromatic heterocycles. The van der Waals surface area contributed by atoms with E-state index in [9.17, 15) is 32.3 Å². The molecule has 0 spiro atoms. The molecule has 1 aliphatic carbocycles. The Morgan fingerprint density at radius 3 is 2.52 bits per heavy atom. The summed E-state index contributed by atoms with van der Waals surface area (Å²) in [4.78, 5) is 45.7. The van der Waals surface area contributed by atoms with E-state index in [-0.39, 0.29) is 60.3 Å². The van der Waals surface area contributed by atoms with Gasteiger partial charge in [-0.2, -0.15) is 36.1 Å². The number of rotatable bonds is 5. The Balaban J connectivity index is 0.000000391. The molecule has 0 atom stereocenters. The van der Waals surface area contributed by atoms with E-state index in [1.807, 2.05) is 35.4 Å². The Morgan fingerprint density at radius 1 is 1.19 bits per heavy atom. The fourth-order valence-electron chi connectivity index (χ4n) is 5.38. The van der Waals surface area contributed by atoms with Crippen molar-refractivity contribution in [2.24, 2.45) is 5.41 Å². The topological polar surface area (TPSA) is 101 Å². The summed E-state index contributed by atoms with van der Waals surface area (Å²) >= 11 is 0. The summed E-state index contributed by atoms with van der Waals surface area (Å²) in [6.45, 7) is 0.612. The maximum absolute atomic E-state index is 13.3. The number of halogens is 3. The normalized spacial score (nSPS) is 18.2. The van der Waals surface area contributed by atoms with Crippen molar-refractivity contribution in [3.05, 3.63) is 71.9 Å². The quantitative estimate of drug-likeness (QED) is 0.273. The number of nitrogens with zero attached hydrogens (tertiary/aromatic N) is 3. The van der Waals surface area contributed by atoms with Gasteiger partial charge in [0.15, 0.2) is 0 Å². The Morgan fingerprint density at radius 2 is 1.93 bits per heavy atom. The number of piperidine rings is 2. The number of hydrogen-bond acceptors (Lipinski definition) is 5. The first-order valence-electron chi connectivity index (χ1n) is 13.5. The van der Waals surface area contributed by atoms with Crippen LogP contribution in [0, 0.1) is 17.9 Å². The fourth-order valence-corrected chi connectivity index (χ4v) is 5.38. The molecule has 3 aliphatic rings. The second-order valence-corrected chi connectivity index (χ2v) is 10.6. The van der Waals surface area contributed by atoms with Crippen molar-refractivity contribution in [2.75, 3.05) is 13.1 Å². The first-order chi connectivity index (χ1) is 19.6. The van der Waals surface area contributed by atoms with Crippen LogP contribution in [-0.4, -0.2) is 58.0 Å². The second-order valence-electron chi connectivity index (χ2n) is 10.6. The number of aromatic nitrogens is 2. The van der Waals surface area contributed by atoms with E-state index in [0.29, 0.717) is 50.8 Å². The molecule has 3 aromatic rings. The molecule has 3 fully saturated rings. The van der Waals surface area contributed by atoms with Crippen molar-refractivity contribution >= 4 is 34.8 Å². The Labute approximate surface area is 263 Å². The number of likely N-dealkylation sites (tertiary alicyclic amines) is 1. The van der Waals surface area contributed by atoms with Crippen molar-refractivity contribution in [2.45, 2.75) is 57.2 Å². The molecule has 1 N–H and O–H groups in total. The van der Waals surface area contributed by atoms with Crippen LogP contribution in [0.15, 0.2) is 42.7 Å². The smallest absolute Gasteiger partial charge is 0.388 e. The van der Waals surface area contributed by atoms with Crippen molar-refractivity contribution < 1.29 is 61.9 Å². The molecule has 1 saturated carbocycles. The van der Waals surface area contributed by atoms with Gasteiger partial charge in [-0.1, -0.05) is 0 Å². The Bertz CT molecular complexity index is 1460. The van der Waals surface area contributed by atoms with E-state index in [4.69, 9.17) is 0 Å². The van der Waals surface area contributed by atoms with Crippen molar-refractivity contribution in [3.8, 4) is 0 Å². The molecule has 3 heterocycles. The van der Waals surface area contributed by atoms with Gasteiger partial charge in [0.2, 0.25) is 11.8 Å². The number of hydrogen-bond donors (Lipinski definition) is 1. The zero-order chi connectivity index (χ0) is 29.2. The predicted octanol–water partition coefficient (Wildman–Crippen LogP) is 1.02. The fraction of sp³-hybridized carbons (Fsp3) is 0.400. The van der Waals surface area contributed by atoms with Crippen LogP contribution in [0.4, 0.5) is 13.2 Å². The van der Waals surface area contributed by atoms with Gasteiger partial charge in [0, 0.05) is 32.0 Å². The zero-order valence-electron chi connectivity index (χ0n) is 23.2. The third-order valence-corrected chi connectivity index (χ3v) is 7.87. The van der Waals surface area contributed by atoms with Crippen LogP contribution in [0.1, 0.15) is 61.3 Å². The second kappa shape index (κ2) is 13.0. The van der Waals surface area contributed by atoms with E-state index >= 15 is 0 Å². The number of benzene rings is 2. The molecular weight excluding hydrogens is 560 g/mol. The monoisotopic (exact) mass is 588 g/mol. The minimum atomic E-state index is -4.47. The molecule has 2 aliphatic heterocycles. The van der Waals surface area contributed by atoms with Crippen LogP contribution in [0.2, 0.25) is 0 Å². The van der Waals surface area contributed by atoms with Gasteiger partial charge >= 0.3 is 35.7 Å². The summed E-state index contributed by atoms with van der Waals surface area (Å²) in [5.41, 5.74) is 0.374. The molecule has 0 radical (unpaired) electrons. The van der Waals surface area contributed by atoms with E-state index in [0.717, 1.165) is 21.9 Å². The SMILES string of the molecule is O=C1[CH-]CCC(=O)N1.O=[C-]c1cccc2c(Cc3cnn(C4CCN(C(=O)C5(C(F)(F)F)CC5)CC4)c3)cc[c-]c12.[Na+]. The van der Waals surface area contributed by atoms with Crippen LogP contribution >= 0.6 is 0 Å². The first-order valence-corrected chi connectivity index (χ1v) is 13.5. The van der Waals surface area contributed by atoms with Gasteiger partial charge in [0.05, 0.1) is 18.1 Å². The van der Waals surface area contributed by atoms with Crippen molar-refractivity contribution in [1.29, 1.82) is 0 Å². The average Bonchev–Trinajstić information content (AvgIpc) is 3.66. The molecule has 3 amide bonds. The van der Waals surface area contributed by atoms with Gasteiger partial charge < -0.3 is 26.2 Å². The molecule has 0 unspecified atom stereocenters. The van der Waals surface area contributed by atoms with E-state index in [1.54, 1.807) is 18.3 Å². The number of nitrogens with one attached hydrogen (secondary N) is 1. The van der Waals surface area contributed by atoms with Crippen molar-refractivity contribution in [3.63, 3.8) is 0 Å². The van der Waals surface area contributed by atoms with Gasteiger partial charge in [0.1, 0.15) is 5.41 Å². The maximum atomic E-state index is 13.3. The average molecular weight is 589 g/mol. The van der Waals surface area contributed by atoms with Gasteiger partial charge in [-0.25, -0.2) is 23.1 Å². The summed E-state index contributed by atoms with van der Waals surface area (Å²) in [7, 11) is 0. The Kier molecular flexibility index (Phi) is 9.84. The van der Waals surface area contributed by atoms with Gasteiger partial charge in [-0.3, -0.25) is 14.3 Å². The summed E-state index contributed by atoms with van der Waals surface area (Å²) in [6, 6.07) is 12.4. The van der Waals surface area contributed by atoms with Crippen LogP contribution in [0.25, 0.3) is 10.8 Å². The van der Waals surface area contributed by atoms with Crippen LogP contribution in [0.5, 0.6) is 0 Å². The van der Waals surface area contributed by atoms with Crippen LogP contribution in [-0.2, 0) is 25.6 Å². The minimum Gasteiger partial charge on any atom is -0.388 e. The maximum Gasteiger partial charge on any atom is 1.00 e. The summed E-state index contributed by atoms with van der Waals surface area (Å²) < 4.78 is 41.7. The Hall–Kier alpha value is -3.15. The third kappa shape index (κ3) is 6.74. The van der Waals surface area contributed by atoms with E-state index < -0.39 is 17.5 Å². The van der Waals surface area contributed by atoms with Gasteiger partial charge in [0.25, 0.3) is 0 Å². The summed E-state index contributed by atoms with van der Waals surface area (Å²) in [6.07, 6.45) is 5.31. The summed E-state index contributed by atoms with van der Waals surface area (Å²) in [5.74, 6) is -1.20. The molecule has 6 rings (SSSR count). The number of alkyl halides is 3. The number of imide groups is 1. The van der Waals surface area contributed by atoms with Crippen LogP contribution in [0.3, 0.4) is 0 Å². The molecule has 2 aromatic carbocycles. The first kappa shape index (κ1) is 31.8. The van der Waals surface area contributed by atoms with Crippen molar-refractivity contribution in [1.82, 2.24) is 20.0 Å². The molecule has 8 nitrogen and oxygen atoms in total. The van der Waals surface area contributed by atoms with Gasteiger partial charge in [-0.15, -0.1) is 23.8 Å². The number of amides is 3. The zero-order valence-corrected chi connectivity index (χ0v) is 25.2. The van der Waals surface area contributed by atoms with Gasteiger partial charge in [-0.05, 0) is 37.7 Å². The number of carbonyl (C=O) groups excluding carboxylic acids is 4.